The molecular weight excluding hydrogens is 154 g/mol. The molecule has 0 saturated carbocycles. The van der Waals surface area contributed by atoms with Crippen molar-refractivity contribution in [2.75, 3.05) is 6.54 Å². The number of rotatable bonds is 6. The van der Waals surface area contributed by atoms with E-state index in [1.165, 1.54) is 0 Å². The molecule has 0 bridgehead atoms. The van der Waals surface area contributed by atoms with Crippen LogP contribution in [0.1, 0.15) is 33.1 Å². The fourth-order valence-electron chi connectivity index (χ4n) is 0.904. The highest BCUT2D eigenvalue weighted by molar-refractivity contribution is 5.88. The maximum Gasteiger partial charge on any atom is 0.311 e. The fraction of sp³-hybridized carbons (Fsp3) is 0.778. The highest BCUT2D eigenvalue weighted by Crippen LogP contribution is 2.03. The van der Waals surface area contributed by atoms with Crippen molar-refractivity contribution in [1.82, 2.24) is 0 Å². The average Bonchev–Trinajstić information content (AvgIpc) is 2.03. The second-order valence-electron chi connectivity index (χ2n) is 2.79. The summed E-state index contributed by atoms with van der Waals surface area (Å²) in [6, 6.07) is 0. The smallest absolute Gasteiger partial charge is 0.311 e. The molecule has 0 fully saturated rings. The summed E-state index contributed by atoms with van der Waals surface area (Å²) in [7, 11) is 0. The topological polar surface area (TPSA) is 49.7 Å². The van der Waals surface area contributed by atoms with Gasteiger partial charge >= 0.3 is 5.97 Å². The molecule has 3 nitrogen and oxygen atoms in total. The van der Waals surface area contributed by atoms with Gasteiger partial charge in [-0.2, -0.15) is 0 Å². The summed E-state index contributed by atoms with van der Waals surface area (Å²) in [6.45, 7) is 4.73. The molecule has 0 heterocycles. The first-order valence-corrected chi connectivity index (χ1v) is 4.45. The van der Waals surface area contributed by atoms with Crippen molar-refractivity contribution in [3.63, 3.8) is 0 Å². The van der Waals surface area contributed by atoms with Crippen LogP contribution in [0.2, 0.25) is 0 Å². The van der Waals surface area contributed by atoms with E-state index in [0.29, 0.717) is 6.42 Å². The van der Waals surface area contributed by atoms with Crippen molar-refractivity contribution in [1.29, 1.82) is 0 Å². The first-order valence-electron chi connectivity index (χ1n) is 4.45. The van der Waals surface area contributed by atoms with Gasteiger partial charge in [0.25, 0.3) is 0 Å². The van der Waals surface area contributed by atoms with E-state index in [2.05, 4.69) is 4.99 Å². The van der Waals surface area contributed by atoms with E-state index in [1.807, 2.05) is 13.8 Å². The summed E-state index contributed by atoms with van der Waals surface area (Å²) in [4.78, 5) is 14.6. The Hall–Kier alpha value is -0.860. The molecule has 3 heteroatoms. The van der Waals surface area contributed by atoms with Crippen LogP contribution in [0.3, 0.4) is 0 Å². The third kappa shape index (κ3) is 4.88. The predicted octanol–water partition coefficient (Wildman–Crippen LogP) is 1.97. The molecule has 0 spiro atoms. The SMILES string of the molecule is CCCN=CC(CCC)C(=O)O. The maximum absolute atomic E-state index is 10.6. The van der Waals surface area contributed by atoms with E-state index in [9.17, 15) is 4.79 Å². The number of aliphatic imine (C=N–C) groups is 1. The molecule has 12 heavy (non-hydrogen) atoms. The first-order chi connectivity index (χ1) is 5.72. The van der Waals surface area contributed by atoms with Crippen molar-refractivity contribution in [2.24, 2.45) is 10.9 Å². The highest BCUT2D eigenvalue weighted by atomic mass is 16.4. The number of carboxylic acids is 1. The highest BCUT2D eigenvalue weighted by Gasteiger charge is 2.12. The molecule has 1 unspecified atom stereocenters. The predicted molar refractivity (Wildman–Crippen MR) is 49.7 cm³/mol. The van der Waals surface area contributed by atoms with E-state index >= 15 is 0 Å². The first kappa shape index (κ1) is 11.1. The number of hydrogen-bond acceptors (Lipinski definition) is 2. The zero-order valence-electron chi connectivity index (χ0n) is 7.79. The molecular formula is C9H17NO2. The van der Waals surface area contributed by atoms with Gasteiger partial charge in [0.1, 0.15) is 0 Å². The fourth-order valence-corrected chi connectivity index (χ4v) is 0.904. The van der Waals surface area contributed by atoms with Gasteiger partial charge in [0, 0.05) is 12.8 Å². The van der Waals surface area contributed by atoms with Crippen LogP contribution < -0.4 is 0 Å². The van der Waals surface area contributed by atoms with Gasteiger partial charge in [-0.3, -0.25) is 9.79 Å². The van der Waals surface area contributed by atoms with Crippen LogP contribution in [0, 0.1) is 5.92 Å². The number of aliphatic carboxylic acids is 1. The Bertz CT molecular complexity index is 155. The lowest BCUT2D eigenvalue weighted by Gasteiger charge is -2.03. The summed E-state index contributed by atoms with van der Waals surface area (Å²) in [6.07, 6.45) is 4.10. The second kappa shape index (κ2) is 6.83. The minimum Gasteiger partial charge on any atom is -0.481 e. The van der Waals surface area contributed by atoms with Gasteiger partial charge in [-0.15, -0.1) is 0 Å². The van der Waals surface area contributed by atoms with E-state index in [-0.39, 0.29) is 5.92 Å². The zero-order valence-corrected chi connectivity index (χ0v) is 7.79. The summed E-state index contributed by atoms with van der Waals surface area (Å²) in [5.41, 5.74) is 0. The van der Waals surface area contributed by atoms with Crippen molar-refractivity contribution >= 4 is 12.2 Å². The van der Waals surface area contributed by atoms with Gasteiger partial charge in [0.05, 0.1) is 5.92 Å². The van der Waals surface area contributed by atoms with Crippen LogP contribution in [-0.4, -0.2) is 23.8 Å². The van der Waals surface area contributed by atoms with Crippen molar-refractivity contribution in [3.8, 4) is 0 Å². The Labute approximate surface area is 73.5 Å². The molecule has 0 saturated heterocycles. The van der Waals surface area contributed by atoms with Crippen molar-refractivity contribution < 1.29 is 9.90 Å². The minimum absolute atomic E-state index is 0.387. The van der Waals surface area contributed by atoms with Gasteiger partial charge in [-0.25, -0.2) is 0 Å². The van der Waals surface area contributed by atoms with E-state index in [0.717, 1.165) is 19.4 Å². The molecule has 1 N–H and O–H groups in total. The van der Waals surface area contributed by atoms with Crippen LogP contribution in [0.15, 0.2) is 4.99 Å². The van der Waals surface area contributed by atoms with E-state index in [1.54, 1.807) is 6.21 Å². The largest absolute Gasteiger partial charge is 0.481 e. The van der Waals surface area contributed by atoms with Gasteiger partial charge in [0.2, 0.25) is 0 Å². The van der Waals surface area contributed by atoms with Crippen LogP contribution in [0.25, 0.3) is 0 Å². The molecule has 0 rings (SSSR count). The van der Waals surface area contributed by atoms with Gasteiger partial charge < -0.3 is 5.11 Å². The third-order valence-corrected chi connectivity index (χ3v) is 1.55. The maximum atomic E-state index is 10.6. The molecule has 0 radical (unpaired) electrons. The van der Waals surface area contributed by atoms with Gasteiger partial charge in [-0.05, 0) is 12.8 Å². The normalized spacial score (nSPS) is 13.5. The Balaban J connectivity index is 3.85. The molecule has 0 aromatic carbocycles. The second-order valence-corrected chi connectivity index (χ2v) is 2.79. The molecule has 0 amide bonds. The minimum atomic E-state index is -0.767. The zero-order chi connectivity index (χ0) is 9.40. The van der Waals surface area contributed by atoms with Gasteiger partial charge in [0.15, 0.2) is 0 Å². The lowest BCUT2D eigenvalue weighted by Crippen LogP contribution is -2.14. The molecule has 0 aromatic heterocycles. The number of hydrogen-bond donors (Lipinski definition) is 1. The molecule has 0 aliphatic rings. The number of nitrogens with zero attached hydrogens (tertiary/aromatic N) is 1. The van der Waals surface area contributed by atoms with Gasteiger partial charge in [-0.1, -0.05) is 20.3 Å². The third-order valence-electron chi connectivity index (χ3n) is 1.55. The van der Waals surface area contributed by atoms with Crippen molar-refractivity contribution in [3.05, 3.63) is 0 Å². The number of carboxylic acid groups (broad SMARTS) is 1. The Kier molecular flexibility index (Phi) is 6.34. The lowest BCUT2D eigenvalue weighted by molar-refractivity contribution is -0.139. The standard InChI is InChI=1S/C9H17NO2/c1-3-5-8(9(11)12)7-10-6-4-2/h7-8H,3-6H2,1-2H3,(H,11,12). The molecule has 0 aliphatic carbocycles. The Morgan fingerprint density at radius 2 is 2.17 bits per heavy atom. The van der Waals surface area contributed by atoms with Crippen LogP contribution in [0.5, 0.6) is 0 Å². The summed E-state index contributed by atoms with van der Waals surface area (Å²) >= 11 is 0. The van der Waals surface area contributed by atoms with Crippen LogP contribution >= 0.6 is 0 Å². The molecule has 0 aliphatic heterocycles. The quantitative estimate of drug-likeness (QED) is 0.621. The van der Waals surface area contributed by atoms with E-state index < -0.39 is 5.97 Å². The molecule has 0 aromatic rings. The Morgan fingerprint density at radius 3 is 2.58 bits per heavy atom. The van der Waals surface area contributed by atoms with Crippen LogP contribution in [-0.2, 0) is 4.79 Å². The monoisotopic (exact) mass is 171 g/mol. The Morgan fingerprint density at radius 1 is 1.50 bits per heavy atom. The van der Waals surface area contributed by atoms with Crippen LogP contribution in [0.4, 0.5) is 0 Å². The summed E-state index contributed by atoms with van der Waals surface area (Å²) < 4.78 is 0. The summed E-state index contributed by atoms with van der Waals surface area (Å²) in [5.74, 6) is -1.15. The number of carbonyl (C=O) groups is 1. The molecule has 70 valence electrons. The summed E-state index contributed by atoms with van der Waals surface area (Å²) in [5, 5.41) is 8.71. The van der Waals surface area contributed by atoms with E-state index in [4.69, 9.17) is 5.11 Å². The molecule has 1 atom stereocenters. The average molecular weight is 171 g/mol. The van der Waals surface area contributed by atoms with Crippen molar-refractivity contribution in [2.45, 2.75) is 33.1 Å². The lowest BCUT2D eigenvalue weighted by atomic mass is 10.1.